The molecular formula is C21H30N4O4. The van der Waals surface area contributed by atoms with Crippen molar-refractivity contribution in [3.05, 3.63) is 23.9 Å². The van der Waals surface area contributed by atoms with E-state index in [1.807, 2.05) is 40.1 Å². The summed E-state index contributed by atoms with van der Waals surface area (Å²) >= 11 is 0. The molecule has 0 spiro atoms. The third-order valence-electron chi connectivity index (χ3n) is 5.26. The number of amides is 1. The van der Waals surface area contributed by atoms with Gasteiger partial charge in [-0.05, 0) is 46.2 Å². The Balaban J connectivity index is 1.89. The molecule has 1 aliphatic rings. The maximum absolute atomic E-state index is 12.5. The van der Waals surface area contributed by atoms with Gasteiger partial charge in [0.05, 0.1) is 18.7 Å². The third kappa shape index (κ3) is 4.16. The van der Waals surface area contributed by atoms with Gasteiger partial charge in [-0.2, -0.15) is 5.10 Å². The highest BCUT2D eigenvalue weighted by molar-refractivity contribution is 6.06. The monoisotopic (exact) mass is 402 g/mol. The minimum Gasteiger partial charge on any atom is -0.465 e. The number of hydrogen-bond acceptors (Lipinski definition) is 6. The number of aromatic nitrogens is 2. The van der Waals surface area contributed by atoms with Crippen molar-refractivity contribution in [1.29, 1.82) is 0 Å². The zero-order valence-corrected chi connectivity index (χ0v) is 18.2. The summed E-state index contributed by atoms with van der Waals surface area (Å²) in [6.45, 7) is 8.41. The van der Waals surface area contributed by atoms with Gasteiger partial charge in [-0.3, -0.25) is 4.68 Å². The van der Waals surface area contributed by atoms with E-state index in [2.05, 4.69) is 16.9 Å². The SMILES string of the molecule is COC(=O)c1ccc(N2C[C@@H](N(C)C(=O)OC(C)(C)C)C[C@@H]2C)c2cn(C)nc12. The number of carbonyl (C=O) groups is 2. The van der Waals surface area contributed by atoms with Crippen molar-refractivity contribution in [2.75, 3.05) is 25.6 Å². The lowest BCUT2D eigenvalue weighted by Gasteiger charge is -2.29. The largest absolute Gasteiger partial charge is 0.465 e. The first kappa shape index (κ1) is 21.0. The first-order chi connectivity index (χ1) is 13.5. The predicted molar refractivity (Wildman–Crippen MR) is 111 cm³/mol. The molecule has 1 saturated heterocycles. The smallest absolute Gasteiger partial charge is 0.410 e. The summed E-state index contributed by atoms with van der Waals surface area (Å²) in [5, 5.41) is 5.36. The molecule has 8 nitrogen and oxygen atoms in total. The number of likely N-dealkylation sites (N-methyl/N-ethyl adjacent to an activating group) is 1. The Morgan fingerprint density at radius 1 is 1.28 bits per heavy atom. The first-order valence-corrected chi connectivity index (χ1v) is 9.79. The Kier molecular flexibility index (Phi) is 5.47. The Hall–Kier alpha value is -2.77. The highest BCUT2D eigenvalue weighted by Gasteiger charge is 2.36. The van der Waals surface area contributed by atoms with Crippen molar-refractivity contribution in [2.24, 2.45) is 7.05 Å². The molecule has 3 rings (SSSR count). The van der Waals surface area contributed by atoms with Crippen LogP contribution in [0.5, 0.6) is 0 Å². The van der Waals surface area contributed by atoms with Gasteiger partial charge in [-0.1, -0.05) is 0 Å². The molecule has 1 aromatic heterocycles. The van der Waals surface area contributed by atoms with Crippen LogP contribution >= 0.6 is 0 Å². The Labute approximate surface area is 171 Å². The van der Waals surface area contributed by atoms with Crippen molar-refractivity contribution in [2.45, 2.75) is 51.8 Å². The van der Waals surface area contributed by atoms with Gasteiger partial charge in [0.25, 0.3) is 0 Å². The maximum atomic E-state index is 12.5. The van der Waals surface area contributed by atoms with Crippen LogP contribution in [0.4, 0.5) is 10.5 Å². The number of carbonyl (C=O) groups excluding carboxylic acids is 2. The highest BCUT2D eigenvalue weighted by atomic mass is 16.6. The van der Waals surface area contributed by atoms with Crippen molar-refractivity contribution in [3.63, 3.8) is 0 Å². The number of esters is 1. The number of benzene rings is 1. The van der Waals surface area contributed by atoms with E-state index in [9.17, 15) is 9.59 Å². The minimum atomic E-state index is -0.527. The van der Waals surface area contributed by atoms with Gasteiger partial charge in [-0.25, -0.2) is 9.59 Å². The summed E-state index contributed by atoms with van der Waals surface area (Å²) in [5.41, 5.74) is 1.53. The fourth-order valence-corrected chi connectivity index (χ4v) is 3.83. The molecule has 2 heterocycles. The second-order valence-electron chi connectivity index (χ2n) is 8.67. The van der Waals surface area contributed by atoms with E-state index in [1.54, 1.807) is 22.7 Å². The number of aryl methyl sites for hydroxylation is 1. The number of anilines is 1. The number of fused-ring (bicyclic) bond motifs is 1. The van der Waals surface area contributed by atoms with Crippen molar-refractivity contribution in [1.82, 2.24) is 14.7 Å². The van der Waals surface area contributed by atoms with Crippen LogP contribution in [0.3, 0.4) is 0 Å². The van der Waals surface area contributed by atoms with Crippen molar-refractivity contribution < 1.29 is 19.1 Å². The number of rotatable bonds is 3. The molecule has 0 N–H and O–H groups in total. The molecule has 2 atom stereocenters. The van der Waals surface area contributed by atoms with Crippen LogP contribution in [-0.4, -0.2) is 65.1 Å². The van der Waals surface area contributed by atoms with E-state index in [0.29, 0.717) is 17.6 Å². The fourth-order valence-electron chi connectivity index (χ4n) is 3.83. The van der Waals surface area contributed by atoms with E-state index in [4.69, 9.17) is 9.47 Å². The van der Waals surface area contributed by atoms with Crippen molar-refractivity contribution >= 4 is 28.7 Å². The topological polar surface area (TPSA) is 76.9 Å². The molecule has 1 aromatic carbocycles. The van der Waals surface area contributed by atoms with E-state index < -0.39 is 11.6 Å². The highest BCUT2D eigenvalue weighted by Crippen LogP contribution is 2.35. The summed E-state index contributed by atoms with van der Waals surface area (Å²) in [4.78, 5) is 28.6. The maximum Gasteiger partial charge on any atom is 0.410 e. The number of ether oxygens (including phenoxy) is 2. The van der Waals surface area contributed by atoms with Gasteiger partial charge in [0.2, 0.25) is 0 Å². The van der Waals surface area contributed by atoms with Gasteiger partial charge in [0.15, 0.2) is 0 Å². The minimum absolute atomic E-state index is 0.0341. The molecule has 0 unspecified atom stereocenters. The van der Waals surface area contributed by atoms with Crippen molar-refractivity contribution in [3.8, 4) is 0 Å². The number of nitrogens with zero attached hydrogens (tertiary/aromatic N) is 4. The molecule has 0 saturated carbocycles. The zero-order valence-electron chi connectivity index (χ0n) is 18.2. The van der Waals surface area contributed by atoms with E-state index in [1.165, 1.54) is 7.11 Å². The van der Waals surface area contributed by atoms with E-state index in [-0.39, 0.29) is 18.2 Å². The summed E-state index contributed by atoms with van der Waals surface area (Å²) < 4.78 is 12.1. The molecular weight excluding hydrogens is 372 g/mol. The van der Waals surface area contributed by atoms with Crippen LogP contribution < -0.4 is 4.90 Å². The van der Waals surface area contributed by atoms with E-state index >= 15 is 0 Å². The molecule has 1 amide bonds. The predicted octanol–water partition coefficient (Wildman–Crippen LogP) is 3.19. The lowest BCUT2D eigenvalue weighted by molar-refractivity contribution is 0.0236. The van der Waals surface area contributed by atoms with Crippen LogP contribution in [0, 0.1) is 0 Å². The molecule has 158 valence electrons. The molecule has 1 aliphatic heterocycles. The third-order valence-corrected chi connectivity index (χ3v) is 5.26. The zero-order chi connectivity index (χ0) is 21.5. The fraction of sp³-hybridized carbons (Fsp3) is 0.571. The summed E-state index contributed by atoms with van der Waals surface area (Å²) in [7, 11) is 4.98. The first-order valence-electron chi connectivity index (χ1n) is 9.79. The number of methoxy groups -OCH3 is 1. The lowest BCUT2D eigenvalue weighted by Crippen LogP contribution is -2.42. The Morgan fingerprint density at radius 2 is 1.97 bits per heavy atom. The molecule has 1 fully saturated rings. The van der Waals surface area contributed by atoms with Gasteiger partial charge in [0.1, 0.15) is 11.1 Å². The van der Waals surface area contributed by atoms with Gasteiger partial charge in [0, 0.05) is 44.0 Å². The second-order valence-corrected chi connectivity index (χ2v) is 8.67. The molecule has 2 aromatic rings. The van der Waals surface area contributed by atoms with Crippen LogP contribution in [0.25, 0.3) is 10.9 Å². The molecule has 29 heavy (non-hydrogen) atoms. The molecule has 8 heteroatoms. The van der Waals surface area contributed by atoms with Crippen LogP contribution in [0.1, 0.15) is 44.5 Å². The Bertz CT molecular complexity index is 931. The van der Waals surface area contributed by atoms with Crippen LogP contribution in [0.2, 0.25) is 0 Å². The molecule has 0 bridgehead atoms. The molecule has 0 radical (unpaired) electrons. The van der Waals surface area contributed by atoms with E-state index in [0.717, 1.165) is 17.5 Å². The summed E-state index contributed by atoms with van der Waals surface area (Å²) in [5.74, 6) is -0.405. The van der Waals surface area contributed by atoms with Gasteiger partial charge >= 0.3 is 12.1 Å². The normalized spacial score (nSPS) is 19.5. The van der Waals surface area contributed by atoms with Crippen LogP contribution in [-0.2, 0) is 16.5 Å². The standard InChI is InChI=1S/C21H30N4O4/c1-13-10-14(24(6)20(27)29-21(2,3)4)11-25(13)17-9-8-15(19(26)28-7)18-16(17)12-23(5)22-18/h8-9,12-14H,10-11H2,1-7H3/t13-,14-/m0/s1. The van der Waals surface area contributed by atoms with Gasteiger partial charge in [-0.15, -0.1) is 0 Å². The van der Waals surface area contributed by atoms with Crippen LogP contribution in [0.15, 0.2) is 18.3 Å². The Morgan fingerprint density at radius 3 is 2.59 bits per heavy atom. The average molecular weight is 402 g/mol. The average Bonchev–Trinajstić information content (AvgIpc) is 3.20. The number of hydrogen-bond donors (Lipinski definition) is 0. The second kappa shape index (κ2) is 7.57. The quantitative estimate of drug-likeness (QED) is 0.734. The molecule has 0 aliphatic carbocycles. The summed E-state index contributed by atoms with van der Waals surface area (Å²) in [6, 6.07) is 3.95. The summed E-state index contributed by atoms with van der Waals surface area (Å²) in [6.07, 6.45) is 2.43. The lowest BCUT2D eigenvalue weighted by atomic mass is 10.1. The van der Waals surface area contributed by atoms with Gasteiger partial charge < -0.3 is 19.3 Å².